The van der Waals surface area contributed by atoms with Crippen LogP contribution in [0.1, 0.15) is 22.3 Å². The second-order valence-electron chi connectivity index (χ2n) is 4.60. The number of hydrogen-bond acceptors (Lipinski definition) is 5. The van der Waals surface area contributed by atoms with Crippen LogP contribution in [0, 0.1) is 0 Å². The van der Waals surface area contributed by atoms with E-state index in [4.69, 9.17) is 14.6 Å². The fourth-order valence-corrected chi connectivity index (χ4v) is 2.22. The molecule has 1 aliphatic rings. The fourth-order valence-electron chi connectivity index (χ4n) is 2.22. The first kappa shape index (κ1) is 13.7. The molecule has 6 nitrogen and oxygen atoms in total. The van der Waals surface area contributed by atoms with Crippen LogP contribution < -0.4 is 0 Å². The van der Waals surface area contributed by atoms with Gasteiger partial charge in [0.25, 0.3) is 0 Å². The maximum absolute atomic E-state index is 11.1. The zero-order valence-corrected chi connectivity index (χ0v) is 11.2. The molecule has 6 heteroatoms. The molecule has 1 aromatic carbocycles. The molecule has 0 saturated carbocycles. The van der Waals surface area contributed by atoms with E-state index >= 15 is 0 Å². The highest BCUT2D eigenvalue weighted by Gasteiger charge is 2.23. The summed E-state index contributed by atoms with van der Waals surface area (Å²) in [7, 11) is 0. The third kappa shape index (κ3) is 2.91. The van der Waals surface area contributed by atoms with Crippen molar-refractivity contribution in [3.8, 4) is 11.3 Å². The van der Waals surface area contributed by atoms with Gasteiger partial charge in [0.1, 0.15) is 6.10 Å². The van der Waals surface area contributed by atoms with Gasteiger partial charge in [-0.1, -0.05) is 30.3 Å². The maximum atomic E-state index is 11.1. The zero-order chi connectivity index (χ0) is 14.7. The maximum Gasteiger partial charge on any atom is 0.373 e. The summed E-state index contributed by atoms with van der Waals surface area (Å²) in [6.45, 7) is 1.47. The standard InChI is InChI=1S/C15H14N2O4/c18-15(19)14-16-8-11(12-9-20-6-7-21-12)13(17-14)10-4-2-1-3-5-10/h1-5,8,12H,6-7,9H2,(H,18,19). The van der Waals surface area contributed by atoms with Crippen molar-refractivity contribution in [2.45, 2.75) is 6.10 Å². The first-order valence-electron chi connectivity index (χ1n) is 6.60. The summed E-state index contributed by atoms with van der Waals surface area (Å²) in [6.07, 6.45) is 1.23. The zero-order valence-electron chi connectivity index (χ0n) is 11.2. The summed E-state index contributed by atoms with van der Waals surface area (Å²) < 4.78 is 11.1. The van der Waals surface area contributed by atoms with E-state index in [1.165, 1.54) is 6.20 Å². The lowest BCUT2D eigenvalue weighted by molar-refractivity contribution is -0.0901. The summed E-state index contributed by atoms with van der Waals surface area (Å²) in [6, 6.07) is 9.39. The first-order chi connectivity index (χ1) is 10.3. The molecule has 21 heavy (non-hydrogen) atoms. The van der Waals surface area contributed by atoms with Gasteiger partial charge in [-0.15, -0.1) is 0 Å². The number of aromatic nitrogens is 2. The molecule has 1 fully saturated rings. The summed E-state index contributed by atoms with van der Waals surface area (Å²) in [5, 5.41) is 9.08. The van der Waals surface area contributed by atoms with Crippen LogP contribution in [0.5, 0.6) is 0 Å². The van der Waals surface area contributed by atoms with Gasteiger partial charge >= 0.3 is 5.97 Å². The fraction of sp³-hybridized carbons (Fsp3) is 0.267. The predicted molar refractivity (Wildman–Crippen MR) is 73.9 cm³/mol. The highest BCUT2D eigenvalue weighted by atomic mass is 16.6. The smallest absolute Gasteiger partial charge is 0.373 e. The molecule has 1 unspecified atom stereocenters. The van der Waals surface area contributed by atoms with E-state index in [0.717, 1.165) is 11.1 Å². The van der Waals surface area contributed by atoms with Gasteiger partial charge in [-0.05, 0) is 0 Å². The van der Waals surface area contributed by atoms with Crippen molar-refractivity contribution in [3.63, 3.8) is 0 Å². The van der Waals surface area contributed by atoms with Crippen molar-refractivity contribution in [1.29, 1.82) is 0 Å². The van der Waals surface area contributed by atoms with Gasteiger partial charge < -0.3 is 14.6 Å². The van der Waals surface area contributed by atoms with Crippen molar-refractivity contribution in [2.24, 2.45) is 0 Å². The predicted octanol–water partition coefficient (Wildman–Crippen LogP) is 1.93. The van der Waals surface area contributed by atoms with Gasteiger partial charge in [-0.2, -0.15) is 0 Å². The average molecular weight is 286 g/mol. The van der Waals surface area contributed by atoms with Crippen LogP contribution in [0.4, 0.5) is 0 Å². The second kappa shape index (κ2) is 5.99. The molecule has 3 rings (SSSR count). The van der Waals surface area contributed by atoms with Gasteiger partial charge in [0, 0.05) is 17.3 Å². The van der Waals surface area contributed by atoms with Crippen molar-refractivity contribution in [3.05, 3.63) is 47.9 Å². The minimum absolute atomic E-state index is 0.227. The normalized spacial score (nSPS) is 18.4. The third-order valence-electron chi connectivity index (χ3n) is 3.22. The Labute approximate surface area is 121 Å². The Kier molecular flexibility index (Phi) is 3.89. The van der Waals surface area contributed by atoms with E-state index in [9.17, 15) is 4.79 Å². The van der Waals surface area contributed by atoms with Crippen molar-refractivity contribution in [1.82, 2.24) is 9.97 Å². The minimum atomic E-state index is -1.15. The lowest BCUT2D eigenvalue weighted by Gasteiger charge is -2.24. The lowest BCUT2D eigenvalue weighted by atomic mass is 10.0. The molecule has 2 heterocycles. The lowest BCUT2D eigenvalue weighted by Crippen LogP contribution is -2.23. The Bertz CT molecular complexity index is 639. The number of aromatic carboxylic acids is 1. The quantitative estimate of drug-likeness (QED) is 0.928. The second-order valence-corrected chi connectivity index (χ2v) is 4.60. The van der Waals surface area contributed by atoms with Crippen molar-refractivity contribution < 1.29 is 19.4 Å². The highest BCUT2D eigenvalue weighted by molar-refractivity contribution is 5.84. The largest absolute Gasteiger partial charge is 0.475 e. The Morgan fingerprint density at radius 1 is 1.24 bits per heavy atom. The summed E-state index contributed by atoms with van der Waals surface area (Å²) in [5.74, 6) is -1.38. The molecule has 1 aliphatic heterocycles. The van der Waals surface area contributed by atoms with E-state index in [-0.39, 0.29) is 11.9 Å². The number of hydrogen-bond donors (Lipinski definition) is 1. The molecule has 1 aromatic heterocycles. The van der Waals surface area contributed by atoms with Crippen LogP contribution in [0.25, 0.3) is 11.3 Å². The Morgan fingerprint density at radius 3 is 2.71 bits per heavy atom. The number of ether oxygens (including phenoxy) is 2. The van der Waals surface area contributed by atoms with E-state index in [0.29, 0.717) is 25.5 Å². The number of carboxylic acid groups (broad SMARTS) is 1. The molecule has 1 N–H and O–H groups in total. The summed E-state index contributed by atoms with van der Waals surface area (Å²) in [5.41, 5.74) is 2.14. The number of rotatable bonds is 3. The van der Waals surface area contributed by atoms with Crippen LogP contribution in [0.15, 0.2) is 36.5 Å². The topological polar surface area (TPSA) is 81.5 Å². The van der Waals surface area contributed by atoms with Crippen LogP contribution >= 0.6 is 0 Å². The van der Waals surface area contributed by atoms with Gasteiger partial charge in [-0.3, -0.25) is 0 Å². The Hall–Kier alpha value is -2.31. The number of nitrogens with zero attached hydrogens (tertiary/aromatic N) is 2. The Balaban J connectivity index is 2.08. The average Bonchev–Trinajstić information content (AvgIpc) is 2.56. The molecular formula is C15H14N2O4. The van der Waals surface area contributed by atoms with E-state index in [1.807, 2.05) is 30.3 Å². The highest BCUT2D eigenvalue weighted by Crippen LogP contribution is 2.29. The SMILES string of the molecule is O=C(O)c1ncc(C2COCCO2)c(-c2ccccc2)n1. The molecule has 0 spiro atoms. The Morgan fingerprint density at radius 2 is 2.05 bits per heavy atom. The van der Waals surface area contributed by atoms with Crippen LogP contribution in [0.3, 0.4) is 0 Å². The van der Waals surface area contributed by atoms with Crippen molar-refractivity contribution >= 4 is 5.97 Å². The van der Waals surface area contributed by atoms with Gasteiger partial charge in [0.2, 0.25) is 5.82 Å². The molecule has 1 atom stereocenters. The minimum Gasteiger partial charge on any atom is -0.475 e. The first-order valence-corrected chi connectivity index (χ1v) is 6.60. The number of carboxylic acids is 1. The molecule has 108 valence electrons. The molecular weight excluding hydrogens is 272 g/mol. The molecule has 0 aliphatic carbocycles. The number of carbonyl (C=O) groups is 1. The third-order valence-corrected chi connectivity index (χ3v) is 3.22. The van der Waals surface area contributed by atoms with Gasteiger partial charge in [0.15, 0.2) is 0 Å². The molecule has 2 aromatic rings. The molecule has 0 amide bonds. The molecule has 0 bridgehead atoms. The summed E-state index contributed by atoms with van der Waals surface area (Å²) in [4.78, 5) is 19.2. The van der Waals surface area contributed by atoms with E-state index in [1.54, 1.807) is 0 Å². The van der Waals surface area contributed by atoms with Crippen LogP contribution in [0.2, 0.25) is 0 Å². The van der Waals surface area contributed by atoms with E-state index in [2.05, 4.69) is 9.97 Å². The molecule has 1 saturated heterocycles. The molecule has 0 radical (unpaired) electrons. The van der Waals surface area contributed by atoms with Gasteiger partial charge in [-0.25, -0.2) is 14.8 Å². The van der Waals surface area contributed by atoms with Crippen LogP contribution in [-0.2, 0) is 9.47 Å². The van der Waals surface area contributed by atoms with Crippen LogP contribution in [-0.4, -0.2) is 40.9 Å². The summed E-state index contributed by atoms with van der Waals surface area (Å²) >= 11 is 0. The number of benzene rings is 1. The monoisotopic (exact) mass is 286 g/mol. The van der Waals surface area contributed by atoms with Gasteiger partial charge in [0.05, 0.1) is 25.5 Å². The van der Waals surface area contributed by atoms with E-state index < -0.39 is 5.97 Å². The van der Waals surface area contributed by atoms with Crippen molar-refractivity contribution in [2.75, 3.05) is 19.8 Å².